The minimum Gasteiger partial charge on any atom is -0.336 e. The van der Waals surface area contributed by atoms with Crippen molar-refractivity contribution < 1.29 is 31.1 Å². The van der Waals surface area contributed by atoms with Crippen molar-refractivity contribution in [2.24, 2.45) is 0 Å². The molecule has 4 aromatic carbocycles. The van der Waals surface area contributed by atoms with E-state index in [1.165, 1.54) is 12.1 Å². The maximum atomic E-state index is 14.5. The van der Waals surface area contributed by atoms with E-state index in [1.54, 1.807) is 45.9 Å². The first-order valence-corrected chi connectivity index (χ1v) is 16.3. The Morgan fingerprint density at radius 2 is 1.46 bits per heavy atom. The maximum Gasteiger partial charge on any atom is 0.416 e. The van der Waals surface area contributed by atoms with E-state index in [0.29, 0.717) is 35.8 Å². The van der Waals surface area contributed by atoms with Crippen LogP contribution in [0, 0.1) is 17.5 Å². The van der Waals surface area contributed by atoms with Gasteiger partial charge in [0.2, 0.25) is 5.91 Å². The standard InChI is InChI=1S/C38H36F6N4O2/c1-3-46(4-2)19-20-47(23-25-9-11-26(12-10-25)27-13-16-29(17-14-27)38(42,43)44)35(49)24-48-33-8-6-5-7-31(33)37(50)45-34(48)18-15-28-21-30(39)22-32(40)36(28)41/h5-14,16-17,21-22H,3-4,15,18-20,23-24H2,1-2H3. The zero-order chi connectivity index (χ0) is 36.0. The van der Waals surface area contributed by atoms with Crippen LogP contribution in [-0.2, 0) is 36.9 Å². The number of amides is 1. The monoisotopic (exact) mass is 694 g/mol. The molecule has 1 aromatic heterocycles. The number of aryl methyl sites for hydroxylation is 2. The zero-order valence-electron chi connectivity index (χ0n) is 27.6. The van der Waals surface area contributed by atoms with Crippen LogP contribution >= 0.6 is 0 Å². The lowest BCUT2D eigenvalue weighted by molar-refractivity contribution is -0.137. The van der Waals surface area contributed by atoms with Gasteiger partial charge in [-0.25, -0.2) is 13.2 Å². The number of benzene rings is 4. The summed E-state index contributed by atoms with van der Waals surface area (Å²) < 4.78 is 83.0. The van der Waals surface area contributed by atoms with Gasteiger partial charge in [-0.15, -0.1) is 0 Å². The van der Waals surface area contributed by atoms with Crippen LogP contribution in [-0.4, -0.2) is 51.4 Å². The summed E-state index contributed by atoms with van der Waals surface area (Å²) in [5.41, 5.74) is 1.06. The highest BCUT2D eigenvalue weighted by Gasteiger charge is 2.30. The second-order valence-electron chi connectivity index (χ2n) is 11.9. The number of nitrogens with zero attached hydrogens (tertiary/aromatic N) is 4. The number of halogens is 6. The van der Waals surface area contributed by atoms with Crippen LogP contribution in [0.4, 0.5) is 26.3 Å². The fraction of sp³-hybridized carbons (Fsp3) is 0.289. The van der Waals surface area contributed by atoms with E-state index in [4.69, 9.17) is 0 Å². The quantitative estimate of drug-likeness (QED) is 0.0939. The maximum absolute atomic E-state index is 14.5. The number of hydrogen-bond acceptors (Lipinski definition) is 4. The van der Waals surface area contributed by atoms with Crippen LogP contribution in [0.1, 0.15) is 36.4 Å². The van der Waals surface area contributed by atoms with Gasteiger partial charge in [-0.1, -0.05) is 62.4 Å². The number of rotatable bonds is 13. The third kappa shape index (κ3) is 8.60. The van der Waals surface area contributed by atoms with Crippen LogP contribution in [0.15, 0.2) is 89.7 Å². The average Bonchev–Trinajstić information content (AvgIpc) is 3.10. The molecule has 0 aliphatic carbocycles. The highest BCUT2D eigenvalue weighted by atomic mass is 19.4. The van der Waals surface area contributed by atoms with Gasteiger partial charge in [-0.05, 0) is 72.1 Å². The van der Waals surface area contributed by atoms with Crippen molar-refractivity contribution in [3.8, 4) is 11.1 Å². The molecular weight excluding hydrogens is 658 g/mol. The molecule has 5 rings (SSSR count). The van der Waals surface area contributed by atoms with Gasteiger partial charge < -0.3 is 14.4 Å². The van der Waals surface area contributed by atoms with Crippen LogP contribution < -0.4 is 5.56 Å². The van der Waals surface area contributed by atoms with Gasteiger partial charge in [0.05, 0.1) is 16.5 Å². The lowest BCUT2D eigenvalue weighted by Gasteiger charge is -2.28. The highest BCUT2D eigenvalue weighted by molar-refractivity contribution is 5.82. The predicted octanol–water partition coefficient (Wildman–Crippen LogP) is 7.66. The second-order valence-corrected chi connectivity index (χ2v) is 11.9. The van der Waals surface area contributed by atoms with E-state index < -0.39 is 34.8 Å². The molecule has 0 spiro atoms. The number of para-hydroxylation sites is 1. The van der Waals surface area contributed by atoms with Crippen molar-refractivity contribution in [3.63, 3.8) is 0 Å². The summed E-state index contributed by atoms with van der Waals surface area (Å²) in [6.07, 6.45) is -4.67. The van der Waals surface area contributed by atoms with E-state index in [9.17, 15) is 35.9 Å². The second kappa shape index (κ2) is 15.7. The smallest absolute Gasteiger partial charge is 0.336 e. The molecular formula is C38H36F6N4O2. The minimum absolute atomic E-state index is 0.0714. The largest absolute Gasteiger partial charge is 0.416 e. The van der Waals surface area contributed by atoms with E-state index in [1.807, 2.05) is 26.0 Å². The first-order valence-electron chi connectivity index (χ1n) is 16.3. The lowest BCUT2D eigenvalue weighted by Crippen LogP contribution is -2.40. The molecule has 0 atom stereocenters. The molecule has 6 nitrogen and oxygen atoms in total. The Balaban J connectivity index is 1.43. The van der Waals surface area contributed by atoms with Crippen LogP contribution in [0.25, 0.3) is 22.0 Å². The van der Waals surface area contributed by atoms with Gasteiger partial charge in [-0.2, -0.15) is 18.2 Å². The third-order valence-electron chi connectivity index (χ3n) is 8.75. The molecule has 12 heteroatoms. The SMILES string of the molecule is CCN(CC)CCN(Cc1ccc(-c2ccc(C(F)(F)F)cc2)cc1)C(=O)Cn1c(CCc2cc(F)cc(F)c2F)nc(=O)c2ccccc21. The van der Waals surface area contributed by atoms with Crippen molar-refractivity contribution in [2.75, 3.05) is 26.2 Å². The molecule has 50 heavy (non-hydrogen) atoms. The van der Waals surface area contributed by atoms with Crippen molar-refractivity contribution in [1.29, 1.82) is 0 Å². The topological polar surface area (TPSA) is 58.4 Å². The fourth-order valence-electron chi connectivity index (χ4n) is 5.88. The number of aromatic nitrogens is 2. The minimum atomic E-state index is -4.43. The highest BCUT2D eigenvalue weighted by Crippen LogP contribution is 2.31. The molecule has 262 valence electrons. The molecule has 0 aliphatic rings. The van der Waals surface area contributed by atoms with Crippen molar-refractivity contribution in [1.82, 2.24) is 19.4 Å². The Labute approximate surface area is 285 Å². The Kier molecular flexibility index (Phi) is 11.4. The van der Waals surface area contributed by atoms with E-state index in [2.05, 4.69) is 9.88 Å². The van der Waals surface area contributed by atoms with Crippen LogP contribution in [0.5, 0.6) is 0 Å². The van der Waals surface area contributed by atoms with Gasteiger partial charge in [0.15, 0.2) is 11.6 Å². The average molecular weight is 695 g/mol. The molecule has 0 aliphatic heterocycles. The normalized spacial score (nSPS) is 11.8. The summed E-state index contributed by atoms with van der Waals surface area (Å²) in [6, 6.07) is 20.1. The Hall–Kier alpha value is -4.97. The summed E-state index contributed by atoms with van der Waals surface area (Å²) in [5.74, 6) is -3.58. The first kappa shape index (κ1) is 36.3. The molecule has 0 fully saturated rings. The molecule has 1 amide bonds. The first-order chi connectivity index (χ1) is 23.9. The van der Waals surface area contributed by atoms with Gasteiger partial charge in [0, 0.05) is 32.1 Å². The van der Waals surface area contributed by atoms with Gasteiger partial charge in [0.1, 0.15) is 18.2 Å². The fourth-order valence-corrected chi connectivity index (χ4v) is 5.88. The van der Waals surface area contributed by atoms with Gasteiger partial charge in [-0.3, -0.25) is 9.59 Å². The number of hydrogen-bond donors (Lipinski definition) is 0. The van der Waals surface area contributed by atoms with Gasteiger partial charge >= 0.3 is 6.18 Å². The third-order valence-corrected chi connectivity index (χ3v) is 8.75. The number of carbonyl (C=O) groups is 1. The van der Waals surface area contributed by atoms with Crippen LogP contribution in [0.3, 0.4) is 0 Å². The van der Waals surface area contributed by atoms with Crippen molar-refractivity contribution >= 4 is 16.8 Å². The molecule has 0 radical (unpaired) electrons. The summed E-state index contributed by atoms with van der Waals surface area (Å²) in [7, 11) is 0. The van der Waals surface area contributed by atoms with E-state index in [0.717, 1.165) is 36.9 Å². The lowest BCUT2D eigenvalue weighted by atomic mass is 10.0. The molecule has 0 bridgehead atoms. The number of likely N-dealkylation sites (N-methyl/N-ethyl adjacent to an activating group) is 1. The number of fused-ring (bicyclic) bond motifs is 1. The van der Waals surface area contributed by atoms with E-state index >= 15 is 0 Å². The zero-order valence-corrected chi connectivity index (χ0v) is 27.6. The molecule has 0 saturated carbocycles. The van der Waals surface area contributed by atoms with E-state index in [-0.39, 0.29) is 48.6 Å². The summed E-state index contributed by atoms with van der Waals surface area (Å²) in [4.78, 5) is 35.2. The van der Waals surface area contributed by atoms with Crippen molar-refractivity contribution in [2.45, 2.75) is 46.0 Å². The Morgan fingerprint density at radius 3 is 2.10 bits per heavy atom. The molecule has 0 N–H and O–H groups in total. The summed E-state index contributed by atoms with van der Waals surface area (Å²) >= 11 is 0. The predicted molar refractivity (Wildman–Crippen MR) is 180 cm³/mol. The molecule has 0 saturated heterocycles. The summed E-state index contributed by atoms with van der Waals surface area (Å²) in [6.45, 7) is 6.55. The van der Waals surface area contributed by atoms with Gasteiger partial charge in [0.25, 0.3) is 5.56 Å². The Bertz CT molecular complexity index is 2010. The molecule has 1 heterocycles. The van der Waals surface area contributed by atoms with Crippen LogP contribution in [0.2, 0.25) is 0 Å². The number of carbonyl (C=O) groups excluding carboxylic acids is 1. The number of alkyl halides is 3. The summed E-state index contributed by atoms with van der Waals surface area (Å²) in [5, 5.41) is 0.278. The molecule has 5 aromatic rings. The molecule has 0 unspecified atom stereocenters. The van der Waals surface area contributed by atoms with Crippen molar-refractivity contribution in [3.05, 3.63) is 135 Å². The Morgan fingerprint density at radius 1 is 0.820 bits per heavy atom.